The molecule has 2 unspecified atom stereocenters. The second kappa shape index (κ2) is 8.70. The highest BCUT2D eigenvalue weighted by Gasteiger charge is 2.42. The van der Waals surface area contributed by atoms with Gasteiger partial charge in [0.2, 0.25) is 0 Å². The molecule has 1 N–H and O–H groups in total. The quantitative estimate of drug-likeness (QED) is 0.285. The smallest absolute Gasteiger partial charge is 0.174 e. The third-order valence-corrected chi connectivity index (χ3v) is 7.02. The largest absolute Gasteiger partial charge is 0.459 e. The summed E-state index contributed by atoms with van der Waals surface area (Å²) in [5.41, 5.74) is 4.00. The summed E-state index contributed by atoms with van der Waals surface area (Å²) in [6, 6.07) is 23.4. The second-order valence-electron chi connectivity index (χ2n) is 7.64. The molecule has 2 aromatic carbocycles. The number of anilines is 1. The molecule has 1 saturated heterocycles. The van der Waals surface area contributed by atoms with Gasteiger partial charge in [0.25, 0.3) is 0 Å². The SMILES string of the molecule is Cc1cc(N2C(=S)NC(c3ccccn3)C2c2ccc(-c3ccc(Cl)cc3)o2)ccc1Br. The van der Waals surface area contributed by atoms with Gasteiger partial charge in [-0.3, -0.25) is 4.98 Å². The highest BCUT2D eigenvalue weighted by Crippen LogP contribution is 2.43. The number of pyridine rings is 1. The van der Waals surface area contributed by atoms with Gasteiger partial charge in [-0.2, -0.15) is 0 Å². The number of hydrogen-bond donors (Lipinski definition) is 1. The van der Waals surface area contributed by atoms with Crippen molar-refractivity contribution in [2.24, 2.45) is 0 Å². The van der Waals surface area contributed by atoms with Crippen molar-refractivity contribution in [2.45, 2.75) is 19.0 Å². The van der Waals surface area contributed by atoms with Crippen molar-refractivity contribution in [3.05, 3.63) is 106 Å². The van der Waals surface area contributed by atoms with Gasteiger partial charge in [0.05, 0.1) is 11.7 Å². The number of rotatable bonds is 4. The monoisotopic (exact) mass is 523 g/mol. The van der Waals surface area contributed by atoms with E-state index >= 15 is 0 Å². The molecule has 7 heteroatoms. The van der Waals surface area contributed by atoms with Crippen LogP contribution in [0.3, 0.4) is 0 Å². The fourth-order valence-corrected chi connectivity index (χ4v) is 4.70. The van der Waals surface area contributed by atoms with E-state index in [1.54, 1.807) is 6.20 Å². The van der Waals surface area contributed by atoms with Crippen molar-refractivity contribution < 1.29 is 4.42 Å². The molecule has 4 nitrogen and oxygen atoms in total. The van der Waals surface area contributed by atoms with E-state index in [1.807, 2.05) is 60.7 Å². The van der Waals surface area contributed by atoms with E-state index in [-0.39, 0.29) is 12.1 Å². The van der Waals surface area contributed by atoms with E-state index in [0.717, 1.165) is 38.5 Å². The molecule has 2 atom stereocenters. The lowest BCUT2D eigenvalue weighted by Gasteiger charge is -2.26. The zero-order valence-electron chi connectivity index (χ0n) is 17.1. The highest BCUT2D eigenvalue weighted by atomic mass is 79.9. The number of furan rings is 1. The van der Waals surface area contributed by atoms with Crippen LogP contribution in [0, 0.1) is 6.92 Å². The minimum Gasteiger partial charge on any atom is -0.459 e. The molecule has 4 aromatic rings. The highest BCUT2D eigenvalue weighted by molar-refractivity contribution is 9.10. The maximum atomic E-state index is 6.38. The summed E-state index contributed by atoms with van der Waals surface area (Å²) in [5, 5.41) is 4.79. The Morgan fingerprint density at radius 3 is 2.59 bits per heavy atom. The Balaban J connectivity index is 1.60. The van der Waals surface area contributed by atoms with Crippen LogP contribution in [0.5, 0.6) is 0 Å². The first-order valence-corrected chi connectivity index (χ1v) is 11.7. The molecular weight excluding hydrogens is 506 g/mol. The summed E-state index contributed by atoms with van der Waals surface area (Å²) in [4.78, 5) is 6.70. The molecule has 0 saturated carbocycles. The molecule has 2 aromatic heterocycles. The molecule has 3 heterocycles. The van der Waals surface area contributed by atoms with Crippen molar-refractivity contribution in [3.8, 4) is 11.3 Å². The van der Waals surface area contributed by atoms with E-state index < -0.39 is 0 Å². The van der Waals surface area contributed by atoms with Gasteiger partial charge in [0, 0.05) is 26.9 Å². The summed E-state index contributed by atoms with van der Waals surface area (Å²) in [5.74, 6) is 1.58. The lowest BCUT2D eigenvalue weighted by Crippen LogP contribution is -2.29. The van der Waals surface area contributed by atoms with Gasteiger partial charge in [-0.25, -0.2) is 0 Å². The van der Waals surface area contributed by atoms with E-state index in [2.05, 4.69) is 50.2 Å². The van der Waals surface area contributed by atoms with Gasteiger partial charge in [-0.1, -0.05) is 33.6 Å². The first kappa shape index (κ1) is 21.2. The van der Waals surface area contributed by atoms with E-state index in [0.29, 0.717) is 10.1 Å². The average molecular weight is 525 g/mol. The van der Waals surface area contributed by atoms with Crippen molar-refractivity contribution in [1.82, 2.24) is 10.3 Å². The van der Waals surface area contributed by atoms with Crippen LogP contribution in [0.25, 0.3) is 11.3 Å². The summed E-state index contributed by atoms with van der Waals surface area (Å²) in [7, 11) is 0. The zero-order chi connectivity index (χ0) is 22.2. The molecule has 32 heavy (non-hydrogen) atoms. The minimum absolute atomic E-state index is 0.156. The topological polar surface area (TPSA) is 41.3 Å². The molecular formula is C25H19BrClN3OS. The number of hydrogen-bond acceptors (Lipinski definition) is 3. The number of thiocarbonyl (C=S) groups is 1. The Hall–Kier alpha value is -2.67. The van der Waals surface area contributed by atoms with Crippen LogP contribution in [-0.4, -0.2) is 10.1 Å². The molecule has 0 radical (unpaired) electrons. The molecule has 0 spiro atoms. The van der Waals surface area contributed by atoms with Gasteiger partial charge >= 0.3 is 0 Å². The maximum Gasteiger partial charge on any atom is 0.174 e. The fourth-order valence-electron chi connectivity index (χ4n) is 3.98. The van der Waals surface area contributed by atoms with Gasteiger partial charge in [0.15, 0.2) is 5.11 Å². The standard InChI is InChI=1S/C25H19BrClN3OS/c1-15-14-18(9-10-19(15)26)30-24(23(29-25(30)32)20-4-2-3-13-28-20)22-12-11-21(31-22)16-5-7-17(27)8-6-16/h2-14,23-24H,1H3,(H,29,32). The van der Waals surface area contributed by atoms with Crippen molar-refractivity contribution >= 4 is 50.5 Å². The number of nitrogens with one attached hydrogen (secondary N) is 1. The van der Waals surface area contributed by atoms with Crippen molar-refractivity contribution in [2.75, 3.05) is 4.90 Å². The van der Waals surface area contributed by atoms with Gasteiger partial charge in [0.1, 0.15) is 17.6 Å². The molecule has 160 valence electrons. The third-order valence-electron chi connectivity index (χ3n) is 5.56. The first-order chi connectivity index (χ1) is 15.5. The summed E-state index contributed by atoms with van der Waals surface area (Å²) < 4.78 is 7.43. The van der Waals surface area contributed by atoms with Gasteiger partial charge in [-0.05, 0) is 91.4 Å². The Morgan fingerprint density at radius 1 is 1.06 bits per heavy atom. The fraction of sp³-hybridized carbons (Fsp3) is 0.120. The van der Waals surface area contributed by atoms with Crippen LogP contribution in [0.2, 0.25) is 5.02 Å². The minimum atomic E-state index is -0.195. The Morgan fingerprint density at radius 2 is 1.88 bits per heavy atom. The van der Waals surface area contributed by atoms with Crippen molar-refractivity contribution in [3.63, 3.8) is 0 Å². The van der Waals surface area contributed by atoms with Crippen LogP contribution >= 0.6 is 39.7 Å². The van der Waals surface area contributed by atoms with Crippen LogP contribution < -0.4 is 10.2 Å². The van der Waals surface area contributed by atoms with Gasteiger partial charge in [-0.15, -0.1) is 0 Å². The number of aromatic nitrogens is 1. The van der Waals surface area contributed by atoms with E-state index in [4.69, 9.17) is 28.2 Å². The average Bonchev–Trinajstić information content (AvgIpc) is 3.41. The lowest BCUT2D eigenvalue weighted by atomic mass is 10.0. The van der Waals surface area contributed by atoms with E-state index in [9.17, 15) is 0 Å². The summed E-state index contributed by atoms with van der Waals surface area (Å²) in [6.45, 7) is 2.07. The molecule has 1 aliphatic heterocycles. The summed E-state index contributed by atoms with van der Waals surface area (Å²) >= 11 is 15.4. The van der Waals surface area contributed by atoms with Crippen molar-refractivity contribution in [1.29, 1.82) is 0 Å². The Kier molecular flexibility index (Phi) is 5.76. The predicted molar refractivity (Wildman–Crippen MR) is 136 cm³/mol. The normalized spacial score (nSPS) is 18.1. The Bertz CT molecular complexity index is 1280. The zero-order valence-corrected chi connectivity index (χ0v) is 20.3. The van der Waals surface area contributed by atoms with Crippen LogP contribution in [-0.2, 0) is 0 Å². The third kappa shape index (κ3) is 3.94. The number of nitrogens with zero attached hydrogens (tertiary/aromatic N) is 2. The van der Waals surface area contributed by atoms with Gasteiger partial charge < -0.3 is 14.6 Å². The number of aryl methyl sites for hydroxylation is 1. The molecule has 5 rings (SSSR count). The first-order valence-electron chi connectivity index (χ1n) is 10.1. The molecule has 0 aliphatic carbocycles. The molecule has 1 aliphatic rings. The van der Waals surface area contributed by atoms with Crippen LogP contribution in [0.4, 0.5) is 5.69 Å². The van der Waals surface area contributed by atoms with Crippen LogP contribution in [0.1, 0.15) is 29.1 Å². The number of benzene rings is 2. The van der Waals surface area contributed by atoms with Crippen LogP contribution in [0.15, 0.2) is 87.9 Å². The molecule has 0 bridgehead atoms. The molecule has 0 amide bonds. The predicted octanol–water partition coefficient (Wildman–Crippen LogP) is 7.24. The summed E-state index contributed by atoms with van der Waals surface area (Å²) in [6.07, 6.45) is 1.80. The lowest BCUT2D eigenvalue weighted by molar-refractivity contribution is 0.439. The second-order valence-corrected chi connectivity index (χ2v) is 9.32. The number of halogens is 2. The Labute approximate surface area is 205 Å². The molecule has 1 fully saturated rings. The maximum absolute atomic E-state index is 6.38. The van der Waals surface area contributed by atoms with E-state index in [1.165, 1.54) is 0 Å².